The molecule has 7 heteroatoms. The zero-order chi connectivity index (χ0) is 17.5. The minimum absolute atomic E-state index is 0.265. The van der Waals surface area contributed by atoms with Crippen LogP contribution >= 0.6 is 11.6 Å². The number of ether oxygens (including phenoxy) is 1. The third kappa shape index (κ3) is 3.06. The van der Waals surface area contributed by atoms with Crippen LogP contribution in [-0.4, -0.2) is 12.3 Å². The number of nitrogens with one attached hydrogen (secondary N) is 1. The first-order valence-corrected chi connectivity index (χ1v) is 7.52. The zero-order valence-corrected chi connectivity index (χ0v) is 13.3. The van der Waals surface area contributed by atoms with Crippen LogP contribution in [0.4, 0.5) is 18.9 Å². The van der Waals surface area contributed by atoms with Gasteiger partial charge in [-0.25, -0.2) is 0 Å². The standard InChI is InChI=1S/C17H13ClF3NO2/c1-16(9-10-4-2-3-5-13(10)18)12-8-11(24-17(19,20)21)6-7-14(12)22-15(16)23/h2-8H,9H2,1H3,(H,22,23). The van der Waals surface area contributed by atoms with Gasteiger partial charge < -0.3 is 10.1 Å². The molecule has 1 aliphatic rings. The molecule has 0 saturated carbocycles. The minimum atomic E-state index is -4.79. The molecule has 0 fully saturated rings. The van der Waals surface area contributed by atoms with Crippen LogP contribution in [-0.2, 0) is 16.6 Å². The molecular formula is C17H13ClF3NO2. The number of benzene rings is 2. The van der Waals surface area contributed by atoms with Crippen LogP contribution in [0.15, 0.2) is 42.5 Å². The molecule has 1 atom stereocenters. The molecule has 3 nitrogen and oxygen atoms in total. The molecule has 0 spiro atoms. The summed E-state index contributed by atoms with van der Waals surface area (Å²) in [7, 11) is 0. The van der Waals surface area contributed by atoms with Crippen LogP contribution in [0.1, 0.15) is 18.1 Å². The summed E-state index contributed by atoms with van der Waals surface area (Å²) in [5.74, 6) is -0.648. The van der Waals surface area contributed by atoms with Gasteiger partial charge in [-0.1, -0.05) is 29.8 Å². The number of fused-ring (bicyclic) bond motifs is 1. The van der Waals surface area contributed by atoms with Gasteiger partial charge in [0.05, 0.1) is 5.41 Å². The molecule has 24 heavy (non-hydrogen) atoms. The van der Waals surface area contributed by atoms with Gasteiger partial charge >= 0.3 is 6.36 Å². The number of hydrogen-bond acceptors (Lipinski definition) is 2. The minimum Gasteiger partial charge on any atom is -0.406 e. The Bertz CT molecular complexity index is 807. The molecule has 0 aromatic heterocycles. The fraction of sp³-hybridized carbons (Fsp3) is 0.235. The lowest BCUT2D eigenvalue weighted by Crippen LogP contribution is -2.33. The lowest BCUT2D eigenvalue weighted by atomic mass is 9.78. The number of carbonyl (C=O) groups is 1. The highest BCUT2D eigenvalue weighted by molar-refractivity contribution is 6.31. The average molecular weight is 356 g/mol. The van der Waals surface area contributed by atoms with E-state index in [1.54, 1.807) is 31.2 Å². The second-order valence-corrected chi connectivity index (χ2v) is 6.22. The molecule has 2 aromatic carbocycles. The quantitative estimate of drug-likeness (QED) is 0.867. The number of hydrogen-bond donors (Lipinski definition) is 1. The number of alkyl halides is 3. The van der Waals surface area contributed by atoms with Gasteiger partial charge in [-0.3, -0.25) is 4.79 Å². The number of rotatable bonds is 3. The molecule has 1 heterocycles. The van der Waals surface area contributed by atoms with E-state index in [0.717, 1.165) is 5.56 Å². The maximum atomic E-state index is 12.4. The molecule has 1 amide bonds. The van der Waals surface area contributed by atoms with E-state index in [0.29, 0.717) is 16.3 Å². The van der Waals surface area contributed by atoms with Crippen molar-refractivity contribution >= 4 is 23.2 Å². The van der Waals surface area contributed by atoms with Crippen molar-refractivity contribution in [2.24, 2.45) is 0 Å². The summed E-state index contributed by atoms with van der Waals surface area (Å²) >= 11 is 6.15. The van der Waals surface area contributed by atoms with Crippen molar-refractivity contribution in [1.29, 1.82) is 0 Å². The molecule has 3 rings (SSSR count). The van der Waals surface area contributed by atoms with E-state index in [2.05, 4.69) is 10.1 Å². The van der Waals surface area contributed by atoms with Crippen LogP contribution in [0.3, 0.4) is 0 Å². The second kappa shape index (κ2) is 5.70. The number of anilines is 1. The van der Waals surface area contributed by atoms with E-state index in [1.165, 1.54) is 18.2 Å². The highest BCUT2D eigenvalue weighted by Gasteiger charge is 2.43. The average Bonchev–Trinajstić information content (AvgIpc) is 2.72. The molecule has 0 saturated heterocycles. The maximum Gasteiger partial charge on any atom is 0.573 e. The zero-order valence-electron chi connectivity index (χ0n) is 12.6. The molecule has 0 bridgehead atoms. The van der Waals surface area contributed by atoms with Crippen LogP contribution in [0.25, 0.3) is 0 Å². The monoisotopic (exact) mass is 355 g/mol. The molecule has 1 unspecified atom stereocenters. The van der Waals surface area contributed by atoms with Crippen molar-refractivity contribution in [3.8, 4) is 5.75 Å². The molecule has 0 aliphatic carbocycles. The first-order valence-electron chi connectivity index (χ1n) is 7.14. The molecule has 1 aliphatic heterocycles. The van der Waals surface area contributed by atoms with E-state index in [9.17, 15) is 18.0 Å². The van der Waals surface area contributed by atoms with E-state index in [1.807, 2.05) is 0 Å². The topological polar surface area (TPSA) is 38.3 Å². The van der Waals surface area contributed by atoms with Gasteiger partial charge in [-0.05, 0) is 48.7 Å². The molecule has 1 N–H and O–H groups in total. The van der Waals surface area contributed by atoms with Gasteiger partial charge in [0.15, 0.2) is 0 Å². The van der Waals surface area contributed by atoms with E-state index in [4.69, 9.17) is 11.6 Å². The van der Waals surface area contributed by atoms with Crippen molar-refractivity contribution in [1.82, 2.24) is 0 Å². The fourth-order valence-corrected chi connectivity index (χ4v) is 3.07. The molecular weight excluding hydrogens is 343 g/mol. The smallest absolute Gasteiger partial charge is 0.406 e. The van der Waals surface area contributed by atoms with Crippen LogP contribution in [0.2, 0.25) is 5.02 Å². The van der Waals surface area contributed by atoms with Crippen molar-refractivity contribution < 1.29 is 22.7 Å². The van der Waals surface area contributed by atoms with Gasteiger partial charge in [0.25, 0.3) is 0 Å². The summed E-state index contributed by atoms with van der Waals surface area (Å²) in [6, 6.07) is 10.9. The van der Waals surface area contributed by atoms with Crippen molar-refractivity contribution in [3.05, 3.63) is 58.6 Å². The van der Waals surface area contributed by atoms with Gasteiger partial charge in [0.1, 0.15) is 5.75 Å². The van der Waals surface area contributed by atoms with E-state index >= 15 is 0 Å². The number of carbonyl (C=O) groups excluding carboxylic acids is 1. The van der Waals surface area contributed by atoms with Crippen molar-refractivity contribution in [3.63, 3.8) is 0 Å². The van der Waals surface area contributed by atoms with Gasteiger partial charge in [-0.2, -0.15) is 0 Å². The van der Waals surface area contributed by atoms with E-state index < -0.39 is 11.8 Å². The number of halogens is 4. The van der Waals surface area contributed by atoms with E-state index in [-0.39, 0.29) is 18.1 Å². The Balaban J connectivity index is 2.00. The van der Waals surface area contributed by atoms with Gasteiger partial charge in [-0.15, -0.1) is 13.2 Å². The lowest BCUT2D eigenvalue weighted by molar-refractivity contribution is -0.274. The van der Waals surface area contributed by atoms with Crippen molar-refractivity contribution in [2.75, 3.05) is 5.32 Å². The summed E-state index contributed by atoms with van der Waals surface area (Å²) < 4.78 is 41.3. The Morgan fingerprint density at radius 2 is 1.92 bits per heavy atom. The van der Waals surface area contributed by atoms with Crippen LogP contribution in [0, 0.1) is 0 Å². The summed E-state index contributed by atoms with van der Waals surface area (Å²) in [5, 5.41) is 3.20. The third-order valence-electron chi connectivity index (χ3n) is 4.07. The number of amides is 1. The summed E-state index contributed by atoms with van der Waals surface area (Å²) in [6.45, 7) is 1.68. The molecule has 126 valence electrons. The first-order chi connectivity index (χ1) is 11.2. The third-order valence-corrected chi connectivity index (χ3v) is 4.44. The van der Waals surface area contributed by atoms with Crippen LogP contribution < -0.4 is 10.1 Å². The normalized spacial score (nSPS) is 19.8. The largest absolute Gasteiger partial charge is 0.573 e. The first kappa shape index (κ1) is 16.6. The Labute approximate surface area is 141 Å². The van der Waals surface area contributed by atoms with Gasteiger partial charge in [0, 0.05) is 10.7 Å². The summed E-state index contributed by atoms with van der Waals surface area (Å²) in [4.78, 5) is 12.4. The second-order valence-electron chi connectivity index (χ2n) is 5.81. The Morgan fingerprint density at radius 3 is 2.58 bits per heavy atom. The molecule has 2 aromatic rings. The molecule has 0 radical (unpaired) electrons. The summed E-state index contributed by atoms with van der Waals surface area (Å²) in [5.41, 5.74) is 0.635. The Hall–Kier alpha value is -2.21. The van der Waals surface area contributed by atoms with Gasteiger partial charge in [0.2, 0.25) is 5.91 Å². The Kier molecular flexibility index (Phi) is 3.95. The predicted molar refractivity (Wildman–Crippen MR) is 84.3 cm³/mol. The highest BCUT2D eigenvalue weighted by atomic mass is 35.5. The fourth-order valence-electron chi connectivity index (χ4n) is 2.87. The predicted octanol–water partition coefficient (Wildman–Crippen LogP) is 4.69. The Morgan fingerprint density at radius 1 is 1.21 bits per heavy atom. The lowest BCUT2D eigenvalue weighted by Gasteiger charge is -2.23. The van der Waals surface area contributed by atoms with Crippen molar-refractivity contribution in [2.45, 2.75) is 25.1 Å². The summed E-state index contributed by atoms with van der Waals surface area (Å²) in [6.07, 6.45) is -4.52. The maximum absolute atomic E-state index is 12.4. The highest BCUT2D eigenvalue weighted by Crippen LogP contribution is 2.43. The SMILES string of the molecule is CC1(Cc2ccccc2Cl)C(=O)Nc2ccc(OC(F)(F)F)cc21. The van der Waals surface area contributed by atoms with Crippen LogP contribution in [0.5, 0.6) is 5.75 Å².